The molecule has 0 unspecified atom stereocenters. The van der Waals surface area contributed by atoms with E-state index >= 15 is 0 Å². The molecule has 0 fully saturated rings. The molecule has 67 valence electrons. The first-order valence-corrected chi connectivity index (χ1v) is 4.26. The van der Waals surface area contributed by atoms with Gasteiger partial charge in [-0.05, 0) is 24.8 Å². The van der Waals surface area contributed by atoms with Gasteiger partial charge >= 0.3 is 0 Å². The lowest BCUT2D eigenvalue weighted by Crippen LogP contribution is -2.17. The lowest BCUT2D eigenvalue weighted by molar-refractivity contribution is 1.48. The molecule has 0 aliphatic carbocycles. The van der Waals surface area contributed by atoms with Gasteiger partial charge in [0.15, 0.2) is 7.28 Å². The summed E-state index contributed by atoms with van der Waals surface area (Å²) in [6.45, 7) is 7.63. The largest absolute Gasteiger partial charge is 0.397 e. The van der Waals surface area contributed by atoms with Gasteiger partial charge in [0.05, 0.1) is 11.4 Å². The van der Waals surface area contributed by atoms with Crippen LogP contribution in [-0.4, -0.2) is 7.28 Å². The standard InChI is InChI=1S/C10H14BN2/c1-4-13-10-8(11-3)5-7(2)6-9(10)12/h4-6,13H,1,12H2,2-3H3. The highest BCUT2D eigenvalue weighted by Crippen LogP contribution is 2.16. The third kappa shape index (κ3) is 2.05. The van der Waals surface area contributed by atoms with E-state index in [0.717, 1.165) is 16.8 Å². The van der Waals surface area contributed by atoms with Crippen LogP contribution in [0, 0.1) is 6.92 Å². The van der Waals surface area contributed by atoms with Crippen molar-refractivity contribution >= 4 is 24.1 Å². The second-order valence-corrected chi connectivity index (χ2v) is 2.96. The number of hydrogen-bond acceptors (Lipinski definition) is 2. The van der Waals surface area contributed by atoms with Crippen molar-refractivity contribution in [3.63, 3.8) is 0 Å². The molecule has 0 saturated heterocycles. The highest BCUT2D eigenvalue weighted by Gasteiger charge is 2.04. The molecule has 0 atom stereocenters. The van der Waals surface area contributed by atoms with Crippen LogP contribution in [0.3, 0.4) is 0 Å². The maximum Gasteiger partial charge on any atom is 0.151 e. The van der Waals surface area contributed by atoms with Gasteiger partial charge in [-0.3, -0.25) is 0 Å². The zero-order valence-electron chi connectivity index (χ0n) is 8.09. The number of nitrogens with two attached hydrogens (primary N) is 1. The maximum absolute atomic E-state index is 5.85. The first-order chi connectivity index (χ1) is 6.19. The van der Waals surface area contributed by atoms with E-state index < -0.39 is 0 Å². The van der Waals surface area contributed by atoms with Crippen LogP contribution >= 0.6 is 0 Å². The number of nitrogen functional groups attached to an aromatic ring is 1. The molecule has 1 aromatic rings. The predicted octanol–water partition coefficient (Wildman–Crippen LogP) is 1.51. The zero-order valence-corrected chi connectivity index (χ0v) is 8.09. The topological polar surface area (TPSA) is 38.0 Å². The number of benzene rings is 1. The van der Waals surface area contributed by atoms with Crippen molar-refractivity contribution in [3.8, 4) is 0 Å². The minimum absolute atomic E-state index is 0.757. The normalized spacial score (nSPS) is 9.38. The molecular weight excluding hydrogens is 159 g/mol. The predicted molar refractivity (Wildman–Crippen MR) is 60.7 cm³/mol. The zero-order chi connectivity index (χ0) is 9.84. The number of hydrogen-bond donors (Lipinski definition) is 2. The first kappa shape index (κ1) is 9.71. The fourth-order valence-corrected chi connectivity index (χ4v) is 1.34. The summed E-state index contributed by atoms with van der Waals surface area (Å²) < 4.78 is 0. The third-order valence-electron chi connectivity index (χ3n) is 1.90. The lowest BCUT2D eigenvalue weighted by Gasteiger charge is -2.11. The molecule has 1 aromatic carbocycles. The number of anilines is 2. The van der Waals surface area contributed by atoms with Crippen LogP contribution in [0.1, 0.15) is 5.56 Å². The van der Waals surface area contributed by atoms with Crippen LogP contribution in [0.2, 0.25) is 6.82 Å². The van der Waals surface area contributed by atoms with E-state index in [1.165, 1.54) is 5.56 Å². The van der Waals surface area contributed by atoms with Gasteiger partial charge in [-0.25, -0.2) is 0 Å². The summed E-state index contributed by atoms with van der Waals surface area (Å²) in [6.07, 6.45) is 1.63. The van der Waals surface area contributed by atoms with Gasteiger partial charge in [-0.2, -0.15) is 0 Å². The molecule has 13 heavy (non-hydrogen) atoms. The summed E-state index contributed by atoms with van der Waals surface area (Å²) in [6, 6.07) is 4.03. The Morgan fingerprint density at radius 3 is 2.77 bits per heavy atom. The van der Waals surface area contributed by atoms with Crippen molar-refractivity contribution in [1.29, 1.82) is 0 Å². The molecule has 0 saturated carbocycles. The molecule has 0 aliphatic rings. The maximum atomic E-state index is 5.85. The Hall–Kier alpha value is -1.38. The molecule has 2 nitrogen and oxygen atoms in total. The van der Waals surface area contributed by atoms with E-state index in [1.54, 1.807) is 6.20 Å². The third-order valence-corrected chi connectivity index (χ3v) is 1.90. The Kier molecular flexibility index (Phi) is 3.01. The second-order valence-electron chi connectivity index (χ2n) is 2.96. The quantitative estimate of drug-likeness (QED) is 0.537. The van der Waals surface area contributed by atoms with E-state index in [4.69, 9.17) is 5.73 Å². The summed E-state index contributed by atoms with van der Waals surface area (Å²) in [4.78, 5) is 0. The van der Waals surface area contributed by atoms with Gasteiger partial charge in [0.1, 0.15) is 0 Å². The monoisotopic (exact) mass is 173 g/mol. The fraction of sp³-hybridized carbons (Fsp3) is 0.200. The summed E-state index contributed by atoms with van der Waals surface area (Å²) in [7, 11) is 2.02. The summed E-state index contributed by atoms with van der Waals surface area (Å²) in [5.41, 5.74) is 9.82. The molecular formula is C10H14BN2. The van der Waals surface area contributed by atoms with Crippen LogP contribution in [0.15, 0.2) is 24.9 Å². The van der Waals surface area contributed by atoms with Gasteiger partial charge < -0.3 is 11.1 Å². The van der Waals surface area contributed by atoms with Crippen LogP contribution in [0.5, 0.6) is 0 Å². The molecule has 0 bridgehead atoms. The highest BCUT2D eigenvalue weighted by atomic mass is 14.9. The van der Waals surface area contributed by atoms with Crippen LogP contribution in [-0.2, 0) is 0 Å². The Morgan fingerprint density at radius 1 is 1.54 bits per heavy atom. The van der Waals surface area contributed by atoms with Gasteiger partial charge in [0, 0.05) is 0 Å². The SMILES string of the molecule is C=CNc1c(N)cc(C)cc1[B]C. The molecule has 0 aromatic heterocycles. The summed E-state index contributed by atoms with van der Waals surface area (Å²) >= 11 is 0. The summed E-state index contributed by atoms with van der Waals surface area (Å²) in [5.74, 6) is 0. The second kappa shape index (κ2) is 4.03. The first-order valence-electron chi connectivity index (χ1n) is 4.26. The van der Waals surface area contributed by atoms with Crippen molar-refractivity contribution in [2.24, 2.45) is 0 Å². The van der Waals surface area contributed by atoms with E-state index in [-0.39, 0.29) is 0 Å². The van der Waals surface area contributed by atoms with E-state index in [1.807, 2.05) is 27.1 Å². The Morgan fingerprint density at radius 2 is 2.23 bits per heavy atom. The van der Waals surface area contributed by atoms with E-state index in [9.17, 15) is 0 Å². The van der Waals surface area contributed by atoms with Gasteiger partial charge in [-0.1, -0.05) is 24.9 Å². The van der Waals surface area contributed by atoms with Crippen molar-refractivity contribution in [2.45, 2.75) is 13.7 Å². The minimum atomic E-state index is 0.757. The van der Waals surface area contributed by atoms with Gasteiger partial charge in [0.25, 0.3) is 0 Å². The average Bonchev–Trinajstić information content (AvgIpc) is 2.09. The fourth-order valence-electron chi connectivity index (χ4n) is 1.34. The number of aryl methyl sites for hydroxylation is 1. The molecule has 3 heteroatoms. The van der Waals surface area contributed by atoms with E-state index in [2.05, 4.69) is 18.0 Å². The molecule has 3 N–H and O–H groups in total. The molecule has 0 amide bonds. The average molecular weight is 173 g/mol. The van der Waals surface area contributed by atoms with Crippen LogP contribution in [0.25, 0.3) is 0 Å². The van der Waals surface area contributed by atoms with E-state index in [0.29, 0.717) is 0 Å². The minimum Gasteiger partial charge on any atom is -0.397 e. The highest BCUT2D eigenvalue weighted by molar-refractivity contribution is 6.54. The Balaban J connectivity index is 3.20. The molecule has 0 spiro atoms. The lowest BCUT2D eigenvalue weighted by atomic mass is 9.71. The molecule has 0 aliphatic heterocycles. The molecule has 1 radical (unpaired) electrons. The Labute approximate surface area is 80.1 Å². The molecule has 0 heterocycles. The van der Waals surface area contributed by atoms with Crippen molar-refractivity contribution < 1.29 is 0 Å². The number of rotatable bonds is 3. The van der Waals surface area contributed by atoms with Crippen LogP contribution < -0.4 is 16.5 Å². The van der Waals surface area contributed by atoms with Gasteiger partial charge in [-0.15, -0.1) is 0 Å². The van der Waals surface area contributed by atoms with Crippen molar-refractivity contribution in [1.82, 2.24) is 0 Å². The summed E-state index contributed by atoms with van der Waals surface area (Å²) in [5, 5.41) is 3.03. The number of nitrogens with one attached hydrogen (secondary N) is 1. The van der Waals surface area contributed by atoms with Crippen molar-refractivity contribution in [2.75, 3.05) is 11.1 Å². The smallest absolute Gasteiger partial charge is 0.151 e. The van der Waals surface area contributed by atoms with Gasteiger partial charge in [0.2, 0.25) is 0 Å². The molecule has 1 rings (SSSR count). The van der Waals surface area contributed by atoms with Crippen LogP contribution in [0.4, 0.5) is 11.4 Å². The Bertz CT molecular complexity index is 321. The van der Waals surface area contributed by atoms with Crippen molar-refractivity contribution in [3.05, 3.63) is 30.5 Å².